The van der Waals surface area contributed by atoms with Crippen LogP contribution < -0.4 is 5.32 Å². The van der Waals surface area contributed by atoms with Crippen LogP contribution in [0.4, 0.5) is 0 Å². The smallest absolute Gasteiger partial charge is 0.108 e. The zero-order valence-electron chi connectivity index (χ0n) is 11.7. The summed E-state index contributed by atoms with van der Waals surface area (Å²) in [6, 6.07) is 0.611. The molecule has 0 amide bonds. The summed E-state index contributed by atoms with van der Waals surface area (Å²) in [4.78, 5) is 4.39. The zero-order chi connectivity index (χ0) is 12.7. The van der Waals surface area contributed by atoms with Gasteiger partial charge in [0.1, 0.15) is 5.82 Å². The summed E-state index contributed by atoms with van der Waals surface area (Å²) >= 11 is 0. The molecule has 1 N–H and O–H groups in total. The predicted molar refractivity (Wildman–Crippen MR) is 73.1 cm³/mol. The van der Waals surface area contributed by atoms with E-state index in [9.17, 15) is 0 Å². The maximum Gasteiger partial charge on any atom is 0.108 e. The Kier molecular flexibility index (Phi) is 6.27. The fourth-order valence-corrected chi connectivity index (χ4v) is 2.30. The van der Waals surface area contributed by atoms with Gasteiger partial charge in [-0.25, -0.2) is 4.98 Å². The molecule has 0 aliphatic heterocycles. The standard InChI is InChI=1S/C14H27N3/c1-5-9-15-12(3)13(6-2)7-8-14-16-10-11-17(14)4/h10-13,15H,5-9H2,1-4H3. The Balaban J connectivity index is 2.39. The van der Waals surface area contributed by atoms with Crippen LogP contribution in [0.15, 0.2) is 12.4 Å². The van der Waals surface area contributed by atoms with Crippen LogP contribution in [-0.4, -0.2) is 22.1 Å². The molecule has 3 nitrogen and oxygen atoms in total. The lowest BCUT2D eigenvalue weighted by Crippen LogP contribution is -2.34. The molecule has 17 heavy (non-hydrogen) atoms. The Morgan fingerprint density at radius 2 is 2.18 bits per heavy atom. The van der Waals surface area contributed by atoms with Gasteiger partial charge in [-0.15, -0.1) is 0 Å². The molecule has 0 aliphatic rings. The summed E-state index contributed by atoms with van der Waals surface area (Å²) in [5.74, 6) is 1.95. The average molecular weight is 237 g/mol. The van der Waals surface area contributed by atoms with E-state index in [1.165, 1.54) is 25.1 Å². The number of hydrogen-bond acceptors (Lipinski definition) is 2. The first-order valence-electron chi connectivity index (χ1n) is 6.88. The Morgan fingerprint density at radius 3 is 2.71 bits per heavy atom. The van der Waals surface area contributed by atoms with Crippen molar-refractivity contribution in [3.63, 3.8) is 0 Å². The highest BCUT2D eigenvalue weighted by atomic mass is 15.0. The van der Waals surface area contributed by atoms with Crippen LogP contribution in [0, 0.1) is 5.92 Å². The van der Waals surface area contributed by atoms with Crippen molar-refractivity contribution >= 4 is 0 Å². The van der Waals surface area contributed by atoms with Gasteiger partial charge >= 0.3 is 0 Å². The second kappa shape index (κ2) is 7.49. The van der Waals surface area contributed by atoms with Gasteiger partial charge in [0.25, 0.3) is 0 Å². The number of nitrogens with one attached hydrogen (secondary N) is 1. The predicted octanol–water partition coefficient (Wildman–Crippen LogP) is 2.77. The minimum atomic E-state index is 0.611. The van der Waals surface area contributed by atoms with Crippen molar-refractivity contribution in [1.82, 2.24) is 14.9 Å². The van der Waals surface area contributed by atoms with Crippen LogP contribution in [0.5, 0.6) is 0 Å². The molecule has 0 radical (unpaired) electrons. The second-order valence-electron chi connectivity index (χ2n) is 4.90. The van der Waals surface area contributed by atoms with E-state index in [1.807, 2.05) is 12.4 Å². The lowest BCUT2D eigenvalue weighted by Gasteiger charge is -2.23. The van der Waals surface area contributed by atoms with E-state index in [0.717, 1.165) is 18.9 Å². The van der Waals surface area contributed by atoms with Crippen molar-refractivity contribution in [2.45, 2.75) is 52.5 Å². The minimum absolute atomic E-state index is 0.611. The molecule has 0 fully saturated rings. The van der Waals surface area contributed by atoms with Crippen molar-refractivity contribution in [3.05, 3.63) is 18.2 Å². The SMILES string of the molecule is CCCNC(C)C(CC)CCc1nccn1C. The van der Waals surface area contributed by atoms with Gasteiger partial charge in [0.05, 0.1) is 0 Å². The third-order valence-corrected chi connectivity index (χ3v) is 3.61. The third kappa shape index (κ3) is 4.50. The van der Waals surface area contributed by atoms with Gasteiger partial charge in [0, 0.05) is 31.9 Å². The van der Waals surface area contributed by atoms with E-state index < -0.39 is 0 Å². The summed E-state index contributed by atoms with van der Waals surface area (Å²) in [7, 11) is 2.07. The lowest BCUT2D eigenvalue weighted by atomic mass is 9.93. The molecule has 98 valence electrons. The molecule has 0 aliphatic carbocycles. The van der Waals surface area contributed by atoms with Crippen LogP contribution in [0.2, 0.25) is 0 Å². The Morgan fingerprint density at radius 1 is 1.41 bits per heavy atom. The number of nitrogens with zero attached hydrogens (tertiary/aromatic N) is 2. The topological polar surface area (TPSA) is 29.9 Å². The normalized spacial score (nSPS) is 14.8. The number of imidazole rings is 1. The average Bonchev–Trinajstić information content (AvgIpc) is 2.73. The van der Waals surface area contributed by atoms with E-state index in [1.54, 1.807) is 0 Å². The van der Waals surface area contributed by atoms with Crippen molar-refractivity contribution in [3.8, 4) is 0 Å². The van der Waals surface area contributed by atoms with Crippen LogP contribution in [0.25, 0.3) is 0 Å². The Hall–Kier alpha value is -0.830. The largest absolute Gasteiger partial charge is 0.338 e. The highest BCUT2D eigenvalue weighted by Gasteiger charge is 2.15. The molecule has 0 aromatic carbocycles. The van der Waals surface area contributed by atoms with Gasteiger partial charge < -0.3 is 9.88 Å². The first kappa shape index (κ1) is 14.2. The number of rotatable bonds is 8. The molecule has 1 aromatic heterocycles. The fraction of sp³-hybridized carbons (Fsp3) is 0.786. The van der Waals surface area contributed by atoms with Crippen molar-refractivity contribution < 1.29 is 0 Å². The van der Waals surface area contributed by atoms with Crippen molar-refractivity contribution in [2.24, 2.45) is 13.0 Å². The molecule has 0 bridgehead atoms. The van der Waals surface area contributed by atoms with Gasteiger partial charge in [-0.1, -0.05) is 20.3 Å². The van der Waals surface area contributed by atoms with Gasteiger partial charge in [0.2, 0.25) is 0 Å². The summed E-state index contributed by atoms with van der Waals surface area (Å²) in [5, 5.41) is 3.60. The third-order valence-electron chi connectivity index (χ3n) is 3.61. The zero-order valence-corrected chi connectivity index (χ0v) is 11.7. The van der Waals surface area contributed by atoms with Gasteiger partial charge in [-0.2, -0.15) is 0 Å². The molecule has 1 rings (SSSR count). The van der Waals surface area contributed by atoms with E-state index in [4.69, 9.17) is 0 Å². The highest BCUT2D eigenvalue weighted by Crippen LogP contribution is 2.16. The molecule has 3 heteroatoms. The van der Waals surface area contributed by atoms with E-state index >= 15 is 0 Å². The summed E-state index contributed by atoms with van der Waals surface area (Å²) in [5.41, 5.74) is 0. The van der Waals surface area contributed by atoms with Gasteiger partial charge in [0.15, 0.2) is 0 Å². The lowest BCUT2D eigenvalue weighted by molar-refractivity contribution is 0.341. The fourth-order valence-electron chi connectivity index (χ4n) is 2.30. The number of hydrogen-bond donors (Lipinski definition) is 1. The monoisotopic (exact) mass is 237 g/mol. The molecular formula is C14H27N3. The minimum Gasteiger partial charge on any atom is -0.338 e. The van der Waals surface area contributed by atoms with E-state index in [-0.39, 0.29) is 0 Å². The molecule has 0 saturated carbocycles. The maximum atomic E-state index is 4.39. The Bertz CT molecular complexity index is 306. The van der Waals surface area contributed by atoms with Crippen LogP contribution in [-0.2, 0) is 13.5 Å². The number of aromatic nitrogens is 2. The summed E-state index contributed by atoms with van der Waals surface area (Å²) < 4.78 is 2.12. The molecular weight excluding hydrogens is 210 g/mol. The summed E-state index contributed by atoms with van der Waals surface area (Å²) in [6.07, 6.45) is 8.66. The molecule has 0 saturated heterocycles. The maximum absolute atomic E-state index is 4.39. The molecule has 1 heterocycles. The molecule has 1 aromatic rings. The van der Waals surface area contributed by atoms with Crippen LogP contribution in [0.1, 0.15) is 45.9 Å². The van der Waals surface area contributed by atoms with Crippen LogP contribution >= 0.6 is 0 Å². The second-order valence-corrected chi connectivity index (χ2v) is 4.90. The molecule has 2 unspecified atom stereocenters. The highest BCUT2D eigenvalue weighted by molar-refractivity contribution is 4.92. The van der Waals surface area contributed by atoms with Crippen LogP contribution in [0.3, 0.4) is 0 Å². The number of aryl methyl sites for hydroxylation is 2. The quantitative estimate of drug-likeness (QED) is 0.753. The Labute approximate surface area is 106 Å². The van der Waals surface area contributed by atoms with Crippen molar-refractivity contribution in [2.75, 3.05) is 6.54 Å². The molecule has 0 spiro atoms. The van der Waals surface area contributed by atoms with Crippen molar-refractivity contribution in [1.29, 1.82) is 0 Å². The molecule has 2 atom stereocenters. The first-order chi connectivity index (χ1) is 8.19. The van der Waals surface area contributed by atoms with Gasteiger partial charge in [-0.05, 0) is 32.2 Å². The summed E-state index contributed by atoms with van der Waals surface area (Å²) in [6.45, 7) is 7.93. The van der Waals surface area contributed by atoms with E-state index in [2.05, 4.69) is 42.7 Å². The van der Waals surface area contributed by atoms with E-state index in [0.29, 0.717) is 6.04 Å². The first-order valence-corrected chi connectivity index (χ1v) is 6.88. The van der Waals surface area contributed by atoms with Gasteiger partial charge in [-0.3, -0.25) is 0 Å².